The van der Waals surface area contributed by atoms with Gasteiger partial charge in [-0.15, -0.1) is 0 Å². The topological polar surface area (TPSA) is 61.0 Å². The minimum absolute atomic E-state index is 0.0707. The molecular weight excluding hydrogens is 560 g/mol. The molecule has 45 heavy (non-hydrogen) atoms. The van der Waals surface area contributed by atoms with Crippen molar-refractivity contribution in [1.82, 2.24) is 0 Å². The molecule has 232 valence electrons. The first-order chi connectivity index (χ1) is 21.7. The van der Waals surface area contributed by atoms with Crippen molar-refractivity contribution in [1.29, 1.82) is 0 Å². The lowest BCUT2D eigenvalue weighted by atomic mass is 9.64. The Morgan fingerprint density at radius 3 is 1.51 bits per heavy atom. The van der Waals surface area contributed by atoms with E-state index in [4.69, 9.17) is 18.9 Å². The van der Waals surface area contributed by atoms with Crippen LogP contribution in [0.1, 0.15) is 73.2 Å². The molecule has 0 saturated carbocycles. The molecular formula is C39H42N2O4. The van der Waals surface area contributed by atoms with Crippen LogP contribution in [0.3, 0.4) is 0 Å². The fraction of sp³-hybridized carbons (Fsp3) is 0.385. The summed E-state index contributed by atoms with van der Waals surface area (Å²) in [7, 11) is 3.41. The highest BCUT2D eigenvalue weighted by Gasteiger charge is 2.48. The van der Waals surface area contributed by atoms with Crippen LogP contribution in [-0.2, 0) is 17.3 Å². The van der Waals surface area contributed by atoms with Gasteiger partial charge in [0, 0.05) is 45.2 Å². The molecule has 6 heteroatoms. The summed E-state index contributed by atoms with van der Waals surface area (Å²) in [5, 5.41) is 7.76. The van der Waals surface area contributed by atoms with Crippen LogP contribution in [-0.4, -0.2) is 27.4 Å². The molecule has 0 radical (unpaired) electrons. The molecule has 8 rings (SSSR count). The van der Waals surface area contributed by atoms with Crippen molar-refractivity contribution >= 4 is 11.4 Å². The number of ether oxygens (including phenoxy) is 4. The van der Waals surface area contributed by atoms with Crippen molar-refractivity contribution in [3.8, 4) is 23.0 Å². The number of rotatable bonds is 4. The van der Waals surface area contributed by atoms with E-state index in [-0.39, 0.29) is 22.9 Å². The second-order valence-electron chi connectivity index (χ2n) is 14.2. The van der Waals surface area contributed by atoms with Crippen molar-refractivity contribution in [2.45, 2.75) is 57.0 Å². The average Bonchev–Trinajstić information content (AvgIpc) is 3.04. The van der Waals surface area contributed by atoms with Gasteiger partial charge in [-0.1, -0.05) is 76.2 Å². The largest absolute Gasteiger partial charge is 0.493 e. The predicted octanol–water partition coefficient (Wildman–Crippen LogP) is 8.20. The van der Waals surface area contributed by atoms with Crippen LogP contribution < -0.4 is 29.6 Å². The Hall–Kier alpha value is -4.32. The number of fused-ring (bicyclic) bond motifs is 8. The second-order valence-corrected chi connectivity index (χ2v) is 14.2. The maximum absolute atomic E-state index is 6.35. The van der Waals surface area contributed by atoms with Gasteiger partial charge in [0.2, 0.25) is 0 Å². The van der Waals surface area contributed by atoms with E-state index in [0.717, 1.165) is 29.4 Å². The average molecular weight is 603 g/mol. The van der Waals surface area contributed by atoms with Gasteiger partial charge in [0.05, 0.1) is 39.5 Å². The molecule has 0 aromatic heterocycles. The zero-order chi connectivity index (χ0) is 31.1. The Morgan fingerprint density at radius 1 is 0.644 bits per heavy atom. The second kappa shape index (κ2) is 10.1. The first-order valence-corrected chi connectivity index (χ1v) is 16.1. The third-order valence-electron chi connectivity index (χ3n) is 11.2. The molecule has 4 aliphatic rings. The van der Waals surface area contributed by atoms with Crippen LogP contribution in [0, 0.1) is 11.8 Å². The van der Waals surface area contributed by atoms with Gasteiger partial charge in [0.1, 0.15) is 0 Å². The van der Waals surface area contributed by atoms with Crippen molar-refractivity contribution in [3.63, 3.8) is 0 Å². The Morgan fingerprint density at radius 2 is 1.09 bits per heavy atom. The number of para-hydroxylation sites is 2. The van der Waals surface area contributed by atoms with Crippen LogP contribution >= 0.6 is 0 Å². The third-order valence-corrected chi connectivity index (χ3v) is 11.2. The molecule has 4 atom stereocenters. The van der Waals surface area contributed by atoms with Crippen LogP contribution in [0.25, 0.3) is 0 Å². The van der Waals surface area contributed by atoms with E-state index in [0.29, 0.717) is 25.0 Å². The molecule has 6 nitrogen and oxygen atoms in total. The van der Waals surface area contributed by atoms with Crippen molar-refractivity contribution in [3.05, 3.63) is 106 Å². The van der Waals surface area contributed by atoms with Gasteiger partial charge in [0.25, 0.3) is 0 Å². The summed E-state index contributed by atoms with van der Waals surface area (Å²) in [4.78, 5) is 0. The Balaban J connectivity index is 1.09. The molecule has 4 aliphatic heterocycles. The normalized spacial score (nSPS) is 24.3. The minimum atomic E-state index is -0.0707. The number of hydrogen-bond acceptors (Lipinski definition) is 6. The first-order valence-electron chi connectivity index (χ1n) is 16.1. The summed E-state index contributed by atoms with van der Waals surface area (Å²) >= 11 is 0. The van der Waals surface area contributed by atoms with Gasteiger partial charge >= 0.3 is 0 Å². The number of benzene rings is 4. The molecule has 0 amide bonds. The van der Waals surface area contributed by atoms with E-state index in [2.05, 4.69) is 99.0 Å². The highest BCUT2D eigenvalue weighted by atomic mass is 16.5. The van der Waals surface area contributed by atoms with Gasteiger partial charge in [-0.25, -0.2) is 0 Å². The van der Waals surface area contributed by atoms with Crippen LogP contribution in [0.4, 0.5) is 11.4 Å². The van der Waals surface area contributed by atoms with Gasteiger partial charge < -0.3 is 29.6 Å². The number of hydrogen-bond donors (Lipinski definition) is 2. The van der Waals surface area contributed by atoms with Gasteiger partial charge in [-0.2, -0.15) is 0 Å². The summed E-state index contributed by atoms with van der Waals surface area (Å²) in [5.74, 6) is 3.92. The number of methoxy groups -OCH3 is 2. The fourth-order valence-electron chi connectivity index (χ4n) is 8.46. The van der Waals surface area contributed by atoms with E-state index in [1.165, 1.54) is 44.8 Å². The molecule has 0 spiro atoms. The van der Waals surface area contributed by atoms with Gasteiger partial charge in [0.15, 0.2) is 23.0 Å². The monoisotopic (exact) mass is 602 g/mol. The lowest BCUT2D eigenvalue weighted by Crippen LogP contribution is -2.46. The molecule has 0 bridgehead atoms. The lowest BCUT2D eigenvalue weighted by molar-refractivity contribution is 0.131. The first kappa shape index (κ1) is 28.2. The molecule has 0 fully saturated rings. The number of nitrogens with one attached hydrogen (secondary N) is 2. The third kappa shape index (κ3) is 4.21. The number of anilines is 2. The van der Waals surface area contributed by atoms with Crippen LogP contribution in [0.5, 0.6) is 23.0 Å². The molecule has 4 aromatic carbocycles. The van der Waals surface area contributed by atoms with E-state index in [1.54, 1.807) is 14.2 Å². The highest BCUT2D eigenvalue weighted by Crippen LogP contribution is 2.55. The molecule has 0 saturated heterocycles. The summed E-state index contributed by atoms with van der Waals surface area (Å²) in [6.45, 7) is 10.8. The highest BCUT2D eigenvalue weighted by molar-refractivity contribution is 5.65. The Labute approximate surface area is 266 Å². The molecule has 2 N–H and O–H groups in total. The quantitative estimate of drug-likeness (QED) is 0.246. The van der Waals surface area contributed by atoms with Crippen LogP contribution in [0.15, 0.2) is 72.8 Å². The standard InChI is InChI=1S/C39H42N2O4/c1-38(2)26-18-22(13-15-30(26)40-34-24-9-7-11-32(42-5)36(24)44-20-28(34)38)17-23-14-16-31-27(19-23)39(3,4)29-21-45-37-25(35(29)41-31)10-8-12-33(37)43-6/h7-16,18-19,28-29,34-35,40-41H,17,20-21H2,1-6H3/t28-,29-,34-,35-/m1/s1. The van der Waals surface area contributed by atoms with Crippen molar-refractivity contribution in [2.75, 3.05) is 38.1 Å². The maximum Gasteiger partial charge on any atom is 0.166 e. The van der Waals surface area contributed by atoms with Crippen LogP contribution in [0.2, 0.25) is 0 Å². The van der Waals surface area contributed by atoms with Gasteiger partial charge in [-0.05, 0) is 52.9 Å². The van der Waals surface area contributed by atoms with Crippen molar-refractivity contribution < 1.29 is 18.9 Å². The smallest absolute Gasteiger partial charge is 0.166 e. The summed E-state index contributed by atoms with van der Waals surface area (Å²) < 4.78 is 23.9. The zero-order valence-corrected chi connectivity index (χ0v) is 27.0. The Kier molecular flexibility index (Phi) is 6.32. The maximum atomic E-state index is 6.35. The molecule has 4 aromatic rings. The van der Waals surface area contributed by atoms with E-state index >= 15 is 0 Å². The molecule has 0 aliphatic carbocycles. The predicted molar refractivity (Wildman–Crippen MR) is 178 cm³/mol. The minimum Gasteiger partial charge on any atom is -0.493 e. The lowest BCUT2D eigenvalue weighted by Gasteiger charge is -2.49. The zero-order valence-electron chi connectivity index (χ0n) is 27.0. The molecule has 0 unspecified atom stereocenters. The Bertz CT molecular complexity index is 1680. The van der Waals surface area contributed by atoms with E-state index in [9.17, 15) is 0 Å². The van der Waals surface area contributed by atoms with Gasteiger partial charge in [-0.3, -0.25) is 0 Å². The van der Waals surface area contributed by atoms with E-state index in [1.807, 2.05) is 12.1 Å². The van der Waals surface area contributed by atoms with Crippen molar-refractivity contribution in [2.24, 2.45) is 11.8 Å². The summed E-state index contributed by atoms with van der Waals surface area (Å²) in [5.41, 5.74) is 9.97. The summed E-state index contributed by atoms with van der Waals surface area (Å²) in [6.07, 6.45) is 0.877. The fourth-order valence-corrected chi connectivity index (χ4v) is 8.46. The summed E-state index contributed by atoms with van der Waals surface area (Å²) in [6, 6.07) is 26.7. The van der Waals surface area contributed by atoms with E-state index < -0.39 is 0 Å². The SMILES string of the molecule is COc1cccc2c1OC[C@@H]1[C@@H]2Nc2ccc(Cc3ccc4c(c3)C(C)(C)[C@@H]3COc5c(OC)cccc5[C@H]3N4)cc2C1(C)C. The molecule has 4 heterocycles.